The summed E-state index contributed by atoms with van der Waals surface area (Å²) < 4.78 is 0. The molecule has 2 N–H and O–H groups in total. The first-order valence-electron chi connectivity index (χ1n) is 6.57. The lowest BCUT2D eigenvalue weighted by Crippen LogP contribution is -2.23. The van der Waals surface area contributed by atoms with Crippen LogP contribution in [0, 0.1) is 0 Å². The third-order valence-electron chi connectivity index (χ3n) is 3.08. The lowest BCUT2D eigenvalue weighted by atomic mass is 10.1. The molecule has 0 spiro atoms. The second-order valence-corrected chi connectivity index (χ2v) is 4.57. The maximum atomic E-state index is 5.83. The molecule has 19 heavy (non-hydrogen) atoms. The van der Waals surface area contributed by atoms with Gasteiger partial charge in [0.05, 0.1) is 12.2 Å². The lowest BCUT2D eigenvalue weighted by Gasteiger charge is -2.21. The van der Waals surface area contributed by atoms with Crippen LogP contribution in [0.25, 0.3) is 0 Å². The minimum Gasteiger partial charge on any atom is -0.351 e. The van der Waals surface area contributed by atoms with Crippen LogP contribution >= 0.6 is 0 Å². The van der Waals surface area contributed by atoms with E-state index in [0.717, 1.165) is 30.2 Å². The molecule has 2 aromatic heterocycles. The standard InChI is InChI=1S/C15H20N4/c1-3-19(11-14-6-4-5-9-17-14)15-8-7-13(10-18-15)12(2)16/h4-10,12H,3,11,16H2,1-2H3. The van der Waals surface area contributed by atoms with E-state index in [2.05, 4.69) is 21.8 Å². The number of hydrogen-bond acceptors (Lipinski definition) is 4. The van der Waals surface area contributed by atoms with Gasteiger partial charge in [-0.3, -0.25) is 4.98 Å². The zero-order chi connectivity index (χ0) is 13.7. The van der Waals surface area contributed by atoms with Crippen molar-refractivity contribution in [3.63, 3.8) is 0 Å². The van der Waals surface area contributed by atoms with Gasteiger partial charge in [-0.15, -0.1) is 0 Å². The summed E-state index contributed by atoms with van der Waals surface area (Å²) in [6, 6.07) is 10.0. The Morgan fingerprint density at radius 1 is 1.21 bits per heavy atom. The van der Waals surface area contributed by atoms with Gasteiger partial charge in [-0.2, -0.15) is 0 Å². The molecule has 0 bridgehead atoms. The Labute approximate surface area is 114 Å². The van der Waals surface area contributed by atoms with E-state index in [9.17, 15) is 0 Å². The molecule has 2 rings (SSSR count). The molecule has 2 heterocycles. The predicted octanol–water partition coefficient (Wildman–Crippen LogP) is 2.52. The van der Waals surface area contributed by atoms with E-state index in [0.29, 0.717) is 0 Å². The van der Waals surface area contributed by atoms with Gasteiger partial charge < -0.3 is 10.6 Å². The van der Waals surface area contributed by atoms with Gasteiger partial charge in [-0.25, -0.2) is 4.98 Å². The quantitative estimate of drug-likeness (QED) is 0.893. The van der Waals surface area contributed by atoms with Crippen LogP contribution in [0.2, 0.25) is 0 Å². The molecule has 0 aliphatic carbocycles. The van der Waals surface area contributed by atoms with Gasteiger partial charge in [0.15, 0.2) is 0 Å². The number of nitrogens with zero attached hydrogens (tertiary/aromatic N) is 3. The summed E-state index contributed by atoms with van der Waals surface area (Å²) in [6.45, 7) is 5.73. The Balaban J connectivity index is 2.13. The number of anilines is 1. The van der Waals surface area contributed by atoms with Crippen molar-refractivity contribution in [2.45, 2.75) is 26.4 Å². The Morgan fingerprint density at radius 3 is 2.58 bits per heavy atom. The normalized spacial score (nSPS) is 12.2. The second kappa shape index (κ2) is 6.29. The van der Waals surface area contributed by atoms with Gasteiger partial charge in [0.2, 0.25) is 0 Å². The first kappa shape index (κ1) is 13.5. The fraction of sp³-hybridized carbons (Fsp3) is 0.333. The number of rotatable bonds is 5. The minimum atomic E-state index is 0.0208. The van der Waals surface area contributed by atoms with Crippen molar-refractivity contribution in [2.75, 3.05) is 11.4 Å². The van der Waals surface area contributed by atoms with E-state index < -0.39 is 0 Å². The van der Waals surface area contributed by atoms with Gasteiger partial charge in [0, 0.05) is 25.0 Å². The maximum Gasteiger partial charge on any atom is 0.128 e. The van der Waals surface area contributed by atoms with Gasteiger partial charge >= 0.3 is 0 Å². The molecule has 2 aromatic rings. The monoisotopic (exact) mass is 256 g/mol. The first-order chi connectivity index (χ1) is 9.20. The minimum absolute atomic E-state index is 0.0208. The Morgan fingerprint density at radius 2 is 2.05 bits per heavy atom. The lowest BCUT2D eigenvalue weighted by molar-refractivity contribution is 0.781. The highest BCUT2D eigenvalue weighted by Crippen LogP contribution is 2.16. The Kier molecular flexibility index (Phi) is 4.47. The highest BCUT2D eigenvalue weighted by Gasteiger charge is 2.08. The van der Waals surface area contributed by atoms with E-state index in [4.69, 9.17) is 5.73 Å². The van der Waals surface area contributed by atoms with Crippen molar-refractivity contribution in [3.8, 4) is 0 Å². The van der Waals surface area contributed by atoms with Crippen LogP contribution in [0.5, 0.6) is 0 Å². The highest BCUT2D eigenvalue weighted by molar-refractivity contribution is 5.40. The summed E-state index contributed by atoms with van der Waals surface area (Å²) in [4.78, 5) is 11.0. The van der Waals surface area contributed by atoms with Crippen LogP contribution in [0.1, 0.15) is 31.1 Å². The van der Waals surface area contributed by atoms with Gasteiger partial charge in [-0.1, -0.05) is 12.1 Å². The van der Waals surface area contributed by atoms with Crippen LogP contribution in [-0.4, -0.2) is 16.5 Å². The molecule has 1 atom stereocenters. The van der Waals surface area contributed by atoms with Gasteiger partial charge in [0.1, 0.15) is 5.82 Å². The molecule has 4 nitrogen and oxygen atoms in total. The number of aromatic nitrogens is 2. The van der Waals surface area contributed by atoms with Crippen LogP contribution in [0.15, 0.2) is 42.7 Å². The molecular formula is C15H20N4. The number of nitrogens with two attached hydrogens (primary N) is 1. The third kappa shape index (κ3) is 3.51. The number of pyridine rings is 2. The average molecular weight is 256 g/mol. The fourth-order valence-electron chi connectivity index (χ4n) is 1.90. The molecule has 0 amide bonds. The van der Waals surface area contributed by atoms with E-state index >= 15 is 0 Å². The SMILES string of the molecule is CCN(Cc1ccccn1)c1ccc(C(C)N)cn1. The van der Waals surface area contributed by atoms with Crippen molar-refractivity contribution in [2.24, 2.45) is 5.73 Å². The smallest absolute Gasteiger partial charge is 0.128 e. The van der Waals surface area contributed by atoms with Gasteiger partial charge in [0.25, 0.3) is 0 Å². The van der Waals surface area contributed by atoms with Gasteiger partial charge in [-0.05, 0) is 37.6 Å². The van der Waals surface area contributed by atoms with E-state index in [1.807, 2.05) is 49.6 Å². The Hall–Kier alpha value is -1.94. The summed E-state index contributed by atoms with van der Waals surface area (Å²) >= 11 is 0. The van der Waals surface area contributed by atoms with Crippen molar-refractivity contribution in [1.82, 2.24) is 9.97 Å². The molecule has 0 radical (unpaired) electrons. The van der Waals surface area contributed by atoms with E-state index in [-0.39, 0.29) is 6.04 Å². The van der Waals surface area contributed by atoms with Crippen LogP contribution in [-0.2, 0) is 6.54 Å². The zero-order valence-electron chi connectivity index (χ0n) is 11.5. The molecular weight excluding hydrogens is 236 g/mol. The summed E-state index contributed by atoms with van der Waals surface area (Å²) in [5.74, 6) is 0.956. The molecule has 0 fully saturated rings. The molecule has 0 aliphatic heterocycles. The van der Waals surface area contributed by atoms with Crippen molar-refractivity contribution in [3.05, 3.63) is 54.0 Å². The topological polar surface area (TPSA) is 55.0 Å². The molecule has 0 aromatic carbocycles. The largest absolute Gasteiger partial charge is 0.351 e. The molecule has 100 valence electrons. The van der Waals surface area contributed by atoms with Crippen molar-refractivity contribution in [1.29, 1.82) is 0 Å². The fourth-order valence-corrected chi connectivity index (χ4v) is 1.90. The van der Waals surface area contributed by atoms with E-state index in [1.165, 1.54) is 0 Å². The Bertz CT molecular complexity index is 493. The highest BCUT2D eigenvalue weighted by atomic mass is 15.2. The average Bonchev–Trinajstić information content (AvgIpc) is 2.46. The maximum absolute atomic E-state index is 5.83. The van der Waals surface area contributed by atoms with Crippen molar-refractivity contribution < 1.29 is 0 Å². The molecule has 0 aliphatic rings. The first-order valence-corrected chi connectivity index (χ1v) is 6.57. The van der Waals surface area contributed by atoms with Crippen molar-refractivity contribution >= 4 is 5.82 Å². The molecule has 1 unspecified atom stereocenters. The summed E-state index contributed by atoms with van der Waals surface area (Å²) in [6.07, 6.45) is 3.66. The summed E-state index contributed by atoms with van der Waals surface area (Å²) in [7, 11) is 0. The predicted molar refractivity (Wildman–Crippen MR) is 77.8 cm³/mol. The molecule has 4 heteroatoms. The second-order valence-electron chi connectivity index (χ2n) is 4.57. The van der Waals surface area contributed by atoms with E-state index in [1.54, 1.807) is 0 Å². The van der Waals surface area contributed by atoms with Crippen LogP contribution in [0.3, 0.4) is 0 Å². The third-order valence-corrected chi connectivity index (χ3v) is 3.08. The van der Waals surface area contributed by atoms with Crippen LogP contribution in [0.4, 0.5) is 5.82 Å². The molecule has 0 saturated heterocycles. The molecule has 0 saturated carbocycles. The zero-order valence-corrected chi connectivity index (χ0v) is 11.5. The van der Waals surface area contributed by atoms with Crippen LogP contribution < -0.4 is 10.6 Å². The summed E-state index contributed by atoms with van der Waals surface area (Å²) in [5, 5.41) is 0. The summed E-state index contributed by atoms with van der Waals surface area (Å²) in [5.41, 5.74) is 7.93. The number of hydrogen-bond donors (Lipinski definition) is 1.